The summed E-state index contributed by atoms with van der Waals surface area (Å²) in [6.45, 7) is 7.89. The Morgan fingerprint density at radius 1 is 1.22 bits per heavy atom. The average Bonchev–Trinajstić information content (AvgIpc) is 2.60. The number of hydrogen-bond acceptors (Lipinski definition) is 3. The number of nitrogens with zero attached hydrogens (tertiary/aromatic N) is 3. The first kappa shape index (κ1) is 24.8. The van der Waals surface area contributed by atoms with E-state index >= 15 is 0 Å². The number of halogens is 3. The standard InChI is InChI=1S/C19H31Cl2N5.HI/c1-4-22-19(24-13-17-14-25(2)10-11-26(17)3)23-9-5-6-15-7-8-16(20)12-18(15)21;/h7-8,12,17H,4-6,9-11,13-14H2,1-3H3,(H2,22,23,24);1H. The minimum Gasteiger partial charge on any atom is -0.357 e. The molecule has 2 rings (SSSR count). The van der Waals surface area contributed by atoms with Crippen molar-refractivity contribution in [3.05, 3.63) is 33.8 Å². The number of piperazine rings is 1. The van der Waals surface area contributed by atoms with E-state index in [1.807, 2.05) is 12.1 Å². The van der Waals surface area contributed by atoms with Gasteiger partial charge in [0.15, 0.2) is 5.96 Å². The summed E-state index contributed by atoms with van der Waals surface area (Å²) in [5.74, 6) is 0.885. The van der Waals surface area contributed by atoms with Crippen LogP contribution >= 0.6 is 47.2 Å². The molecule has 1 heterocycles. The Labute approximate surface area is 190 Å². The van der Waals surface area contributed by atoms with E-state index in [0.29, 0.717) is 11.1 Å². The van der Waals surface area contributed by atoms with Gasteiger partial charge in [-0.3, -0.25) is 9.89 Å². The minimum atomic E-state index is 0. The van der Waals surface area contributed by atoms with Crippen molar-refractivity contribution in [2.45, 2.75) is 25.8 Å². The van der Waals surface area contributed by atoms with Gasteiger partial charge >= 0.3 is 0 Å². The molecule has 1 aliphatic rings. The number of likely N-dealkylation sites (N-methyl/N-ethyl adjacent to an activating group) is 2. The zero-order valence-electron chi connectivity index (χ0n) is 16.5. The van der Waals surface area contributed by atoms with Crippen LogP contribution in [0.25, 0.3) is 0 Å². The van der Waals surface area contributed by atoms with E-state index in [-0.39, 0.29) is 24.0 Å². The van der Waals surface area contributed by atoms with Gasteiger partial charge in [0.2, 0.25) is 0 Å². The van der Waals surface area contributed by atoms with Gasteiger partial charge in [-0.25, -0.2) is 0 Å². The SMILES string of the molecule is CCNC(=NCC1CN(C)CCN1C)NCCCc1ccc(Cl)cc1Cl.I. The summed E-state index contributed by atoms with van der Waals surface area (Å²) in [6.07, 6.45) is 1.90. The first-order valence-electron chi connectivity index (χ1n) is 9.34. The Kier molecular flexibility index (Phi) is 12.0. The third-order valence-corrected chi connectivity index (χ3v) is 5.30. The Morgan fingerprint density at radius 2 is 2.00 bits per heavy atom. The van der Waals surface area contributed by atoms with Crippen molar-refractivity contribution in [3.63, 3.8) is 0 Å². The lowest BCUT2D eigenvalue weighted by Gasteiger charge is -2.36. The number of benzene rings is 1. The van der Waals surface area contributed by atoms with Crippen molar-refractivity contribution < 1.29 is 0 Å². The Morgan fingerprint density at radius 3 is 2.70 bits per heavy atom. The summed E-state index contributed by atoms with van der Waals surface area (Å²) in [5, 5.41) is 8.17. The normalized spacial score (nSPS) is 18.9. The van der Waals surface area contributed by atoms with E-state index in [1.54, 1.807) is 6.07 Å². The summed E-state index contributed by atoms with van der Waals surface area (Å²) in [7, 11) is 4.36. The van der Waals surface area contributed by atoms with Crippen LogP contribution in [0.15, 0.2) is 23.2 Å². The topological polar surface area (TPSA) is 42.9 Å². The average molecular weight is 528 g/mol. The van der Waals surface area contributed by atoms with Gasteiger partial charge in [0.05, 0.1) is 6.54 Å². The smallest absolute Gasteiger partial charge is 0.191 e. The Hall–Kier alpha value is -0.280. The zero-order valence-corrected chi connectivity index (χ0v) is 20.3. The molecule has 0 bridgehead atoms. The van der Waals surface area contributed by atoms with Crippen LogP contribution in [-0.4, -0.2) is 75.2 Å². The maximum atomic E-state index is 6.23. The third kappa shape index (κ3) is 8.73. The number of aliphatic imine (C=N–C) groups is 1. The van der Waals surface area contributed by atoms with Crippen molar-refractivity contribution >= 4 is 53.1 Å². The number of rotatable bonds is 7. The number of aryl methyl sites for hydroxylation is 1. The van der Waals surface area contributed by atoms with E-state index in [4.69, 9.17) is 28.2 Å². The van der Waals surface area contributed by atoms with Gasteiger partial charge in [-0.05, 0) is 51.6 Å². The number of nitrogens with one attached hydrogen (secondary N) is 2. The minimum absolute atomic E-state index is 0. The first-order chi connectivity index (χ1) is 12.5. The molecule has 1 fully saturated rings. The maximum absolute atomic E-state index is 6.23. The molecule has 5 nitrogen and oxygen atoms in total. The fourth-order valence-electron chi connectivity index (χ4n) is 3.05. The van der Waals surface area contributed by atoms with E-state index in [9.17, 15) is 0 Å². The van der Waals surface area contributed by atoms with Crippen LogP contribution in [0.3, 0.4) is 0 Å². The fourth-order valence-corrected chi connectivity index (χ4v) is 3.55. The van der Waals surface area contributed by atoms with Crippen LogP contribution in [0.5, 0.6) is 0 Å². The molecule has 0 spiro atoms. The van der Waals surface area contributed by atoms with Crippen molar-refractivity contribution in [2.24, 2.45) is 4.99 Å². The summed E-state index contributed by atoms with van der Waals surface area (Å²) in [6, 6.07) is 6.16. The van der Waals surface area contributed by atoms with E-state index in [2.05, 4.69) is 41.5 Å². The lowest BCUT2D eigenvalue weighted by Crippen LogP contribution is -2.51. The molecule has 0 saturated carbocycles. The molecule has 27 heavy (non-hydrogen) atoms. The van der Waals surface area contributed by atoms with E-state index in [1.165, 1.54) is 0 Å². The molecule has 1 aromatic carbocycles. The summed E-state index contributed by atoms with van der Waals surface area (Å²) < 4.78 is 0. The maximum Gasteiger partial charge on any atom is 0.191 e. The van der Waals surface area contributed by atoms with Crippen LogP contribution in [0.2, 0.25) is 10.0 Å². The van der Waals surface area contributed by atoms with Crippen LogP contribution < -0.4 is 10.6 Å². The monoisotopic (exact) mass is 527 g/mol. The molecule has 1 aromatic rings. The van der Waals surface area contributed by atoms with Gasteiger partial charge < -0.3 is 15.5 Å². The van der Waals surface area contributed by atoms with E-state index < -0.39 is 0 Å². The van der Waals surface area contributed by atoms with Gasteiger partial charge in [0.1, 0.15) is 0 Å². The molecule has 1 unspecified atom stereocenters. The van der Waals surface area contributed by atoms with Crippen molar-refractivity contribution in [1.82, 2.24) is 20.4 Å². The van der Waals surface area contributed by atoms with Crippen molar-refractivity contribution in [2.75, 3.05) is 53.4 Å². The highest BCUT2D eigenvalue weighted by Gasteiger charge is 2.21. The second kappa shape index (κ2) is 13.0. The molecule has 0 radical (unpaired) electrons. The summed E-state index contributed by atoms with van der Waals surface area (Å²) in [5.41, 5.74) is 1.13. The molecular formula is C19H32Cl2IN5. The van der Waals surface area contributed by atoms with E-state index in [0.717, 1.165) is 68.7 Å². The predicted molar refractivity (Wildman–Crippen MR) is 128 cm³/mol. The molecule has 1 aliphatic heterocycles. The van der Waals surface area contributed by atoms with Crippen LogP contribution in [0.4, 0.5) is 0 Å². The second-order valence-corrected chi connectivity index (χ2v) is 7.73. The Balaban J connectivity index is 0.00000364. The van der Waals surface area contributed by atoms with Gasteiger partial charge in [0, 0.05) is 48.8 Å². The lowest BCUT2D eigenvalue weighted by atomic mass is 10.1. The molecule has 0 aliphatic carbocycles. The summed E-state index contributed by atoms with van der Waals surface area (Å²) >= 11 is 12.2. The zero-order chi connectivity index (χ0) is 18.9. The van der Waals surface area contributed by atoms with Gasteiger partial charge in [-0.1, -0.05) is 29.3 Å². The lowest BCUT2D eigenvalue weighted by molar-refractivity contribution is 0.119. The van der Waals surface area contributed by atoms with Gasteiger partial charge in [0.25, 0.3) is 0 Å². The molecule has 8 heteroatoms. The highest BCUT2D eigenvalue weighted by atomic mass is 127. The molecule has 0 amide bonds. The van der Waals surface area contributed by atoms with Gasteiger partial charge in [-0.2, -0.15) is 0 Å². The fraction of sp³-hybridized carbons (Fsp3) is 0.632. The Bertz CT molecular complexity index is 599. The quantitative estimate of drug-likeness (QED) is 0.247. The number of hydrogen-bond donors (Lipinski definition) is 2. The highest BCUT2D eigenvalue weighted by Crippen LogP contribution is 2.21. The highest BCUT2D eigenvalue weighted by molar-refractivity contribution is 14.0. The van der Waals surface area contributed by atoms with Crippen LogP contribution in [-0.2, 0) is 6.42 Å². The van der Waals surface area contributed by atoms with Crippen molar-refractivity contribution in [3.8, 4) is 0 Å². The van der Waals surface area contributed by atoms with Crippen LogP contribution in [0.1, 0.15) is 18.9 Å². The molecule has 2 N–H and O–H groups in total. The molecule has 154 valence electrons. The molecule has 1 atom stereocenters. The third-order valence-electron chi connectivity index (χ3n) is 4.72. The molecular weight excluding hydrogens is 496 g/mol. The predicted octanol–water partition coefficient (Wildman–Crippen LogP) is 3.34. The molecule has 1 saturated heterocycles. The molecule has 0 aromatic heterocycles. The second-order valence-electron chi connectivity index (χ2n) is 6.88. The van der Waals surface area contributed by atoms with Gasteiger partial charge in [-0.15, -0.1) is 24.0 Å². The summed E-state index contributed by atoms with van der Waals surface area (Å²) in [4.78, 5) is 9.55. The largest absolute Gasteiger partial charge is 0.357 e. The first-order valence-corrected chi connectivity index (χ1v) is 10.1. The van der Waals surface area contributed by atoms with Crippen molar-refractivity contribution in [1.29, 1.82) is 0 Å². The number of guanidine groups is 1. The van der Waals surface area contributed by atoms with Crippen LogP contribution in [0, 0.1) is 0 Å².